The molecule has 0 unspecified atom stereocenters. The van der Waals surface area contributed by atoms with Gasteiger partial charge in [-0.25, -0.2) is 9.97 Å². The highest BCUT2D eigenvalue weighted by molar-refractivity contribution is 6.42. The fourth-order valence-corrected chi connectivity index (χ4v) is 3.14. The Morgan fingerprint density at radius 1 is 0.917 bits per heavy atom. The zero-order valence-electron chi connectivity index (χ0n) is 12.9. The van der Waals surface area contributed by atoms with Crippen LogP contribution in [0.15, 0.2) is 42.5 Å². The number of anilines is 1. The number of rotatable bonds is 2. The van der Waals surface area contributed by atoms with Crippen molar-refractivity contribution in [3.8, 4) is 11.4 Å². The second kappa shape index (κ2) is 6.55. The zero-order chi connectivity index (χ0) is 16.5. The number of benzene rings is 2. The van der Waals surface area contributed by atoms with Crippen LogP contribution < -0.4 is 4.90 Å². The Bertz CT molecular complexity index is 895. The van der Waals surface area contributed by atoms with Crippen LogP contribution in [0.3, 0.4) is 0 Å². The summed E-state index contributed by atoms with van der Waals surface area (Å²) in [5, 5.41) is 2.07. The third-order valence-corrected chi connectivity index (χ3v) is 4.81. The second-order valence-corrected chi connectivity index (χ2v) is 6.43. The van der Waals surface area contributed by atoms with Gasteiger partial charge < -0.3 is 9.64 Å². The molecule has 1 aliphatic rings. The second-order valence-electron chi connectivity index (χ2n) is 5.62. The first-order chi connectivity index (χ1) is 11.7. The van der Waals surface area contributed by atoms with E-state index in [0.29, 0.717) is 29.1 Å². The molecule has 1 fully saturated rings. The summed E-state index contributed by atoms with van der Waals surface area (Å²) in [7, 11) is 0. The number of hydrogen-bond donors (Lipinski definition) is 0. The third-order valence-electron chi connectivity index (χ3n) is 4.07. The lowest BCUT2D eigenvalue weighted by molar-refractivity contribution is 0.122. The van der Waals surface area contributed by atoms with Crippen LogP contribution in [0, 0.1) is 0 Å². The van der Waals surface area contributed by atoms with Crippen LogP contribution >= 0.6 is 23.2 Å². The molecule has 0 atom stereocenters. The van der Waals surface area contributed by atoms with E-state index in [1.165, 1.54) is 0 Å². The van der Waals surface area contributed by atoms with Crippen molar-refractivity contribution in [2.24, 2.45) is 0 Å². The molecule has 4 rings (SSSR count). The third kappa shape index (κ3) is 2.93. The molecule has 1 saturated heterocycles. The quantitative estimate of drug-likeness (QED) is 0.677. The number of halogens is 2. The standard InChI is InChI=1S/C18H15Cl2N3O/c19-14-6-5-12(11-15(14)20)17-21-16-4-2-1-3-13(16)18(22-17)23-7-9-24-10-8-23/h1-6,11H,7-10H2. The van der Waals surface area contributed by atoms with Crippen molar-refractivity contribution in [1.82, 2.24) is 9.97 Å². The van der Waals surface area contributed by atoms with Gasteiger partial charge in [-0.2, -0.15) is 0 Å². The van der Waals surface area contributed by atoms with Gasteiger partial charge in [0.25, 0.3) is 0 Å². The Kier molecular flexibility index (Phi) is 4.27. The lowest BCUT2D eigenvalue weighted by Crippen LogP contribution is -2.37. The van der Waals surface area contributed by atoms with E-state index in [4.69, 9.17) is 37.9 Å². The number of aromatic nitrogens is 2. The summed E-state index contributed by atoms with van der Waals surface area (Å²) in [5.41, 5.74) is 1.76. The highest BCUT2D eigenvalue weighted by atomic mass is 35.5. The Balaban J connectivity index is 1.88. The number of para-hydroxylation sites is 1. The summed E-state index contributed by atoms with van der Waals surface area (Å²) >= 11 is 12.2. The van der Waals surface area contributed by atoms with Gasteiger partial charge in [-0.05, 0) is 30.3 Å². The predicted molar refractivity (Wildman–Crippen MR) is 98.0 cm³/mol. The first-order valence-electron chi connectivity index (χ1n) is 7.77. The zero-order valence-corrected chi connectivity index (χ0v) is 14.4. The van der Waals surface area contributed by atoms with Crippen molar-refractivity contribution in [3.63, 3.8) is 0 Å². The minimum absolute atomic E-state index is 0.499. The smallest absolute Gasteiger partial charge is 0.162 e. The molecule has 1 aliphatic heterocycles. The molecular weight excluding hydrogens is 345 g/mol. The molecule has 4 nitrogen and oxygen atoms in total. The van der Waals surface area contributed by atoms with Gasteiger partial charge in [0.1, 0.15) is 5.82 Å². The number of morpholine rings is 1. The van der Waals surface area contributed by atoms with Crippen molar-refractivity contribution < 1.29 is 4.74 Å². The number of fused-ring (bicyclic) bond motifs is 1. The SMILES string of the molecule is Clc1ccc(-c2nc(N3CCOCC3)c3ccccc3n2)cc1Cl. The molecule has 122 valence electrons. The van der Waals surface area contributed by atoms with Crippen LogP contribution in [0.25, 0.3) is 22.3 Å². The molecule has 6 heteroatoms. The maximum absolute atomic E-state index is 6.16. The molecule has 0 amide bonds. The number of ether oxygens (including phenoxy) is 1. The highest BCUT2D eigenvalue weighted by Gasteiger charge is 2.18. The fourth-order valence-electron chi connectivity index (χ4n) is 2.84. The summed E-state index contributed by atoms with van der Waals surface area (Å²) < 4.78 is 5.46. The van der Waals surface area contributed by atoms with Crippen LogP contribution in [0.2, 0.25) is 10.0 Å². The van der Waals surface area contributed by atoms with Gasteiger partial charge in [0.2, 0.25) is 0 Å². The molecule has 1 aromatic heterocycles. The fraction of sp³-hybridized carbons (Fsp3) is 0.222. The van der Waals surface area contributed by atoms with Gasteiger partial charge in [0.15, 0.2) is 5.82 Å². The van der Waals surface area contributed by atoms with Gasteiger partial charge in [0.05, 0.1) is 28.8 Å². The maximum atomic E-state index is 6.16. The minimum atomic E-state index is 0.499. The van der Waals surface area contributed by atoms with E-state index < -0.39 is 0 Å². The number of nitrogens with zero attached hydrogens (tertiary/aromatic N) is 3. The van der Waals surface area contributed by atoms with E-state index in [-0.39, 0.29) is 0 Å². The molecule has 24 heavy (non-hydrogen) atoms. The lowest BCUT2D eigenvalue weighted by Gasteiger charge is -2.29. The molecule has 0 N–H and O–H groups in total. The average Bonchev–Trinajstić information content (AvgIpc) is 2.64. The van der Waals surface area contributed by atoms with E-state index in [9.17, 15) is 0 Å². The molecular formula is C18H15Cl2N3O. The van der Waals surface area contributed by atoms with Crippen LogP contribution in [0.4, 0.5) is 5.82 Å². The Hall–Kier alpha value is -1.88. The van der Waals surface area contributed by atoms with Gasteiger partial charge in [-0.1, -0.05) is 35.3 Å². The molecule has 3 aromatic rings. The molecule has 2 heterocycles. The summed E-state index contributed by atoms with van der Waals surface area (Å²) in [5.74, 6) is 1.58. The normalized spacial score (nSPS) is 15.0. The van der Waals surface area contributed by atoms with E-state index in [1.54, 1.807) is 12.1 Å². The molecule has 0 bridgehead atoms. The Morgan fingerprint density at radius 3 is 2.50 bits per heavy atom. The van der Waals surface area contributed by atoms with E-state index >= 15 is 0 Å². The highest BCUT2D eigenvalue weighted by Crippen LogP contribution is 2.31. The van der Waals surface area contributed by atoms with Crippen LogP contribution in [-0.2, 0) is 4.74 Å². The molecule has 0 spiro atoms. The number of hydrogen-bond acceptors (Lipinski definition) is 4. The minimum Gasteiger partial charge on any atom is -0.378 e. The van der Waals surface area contributed by atoms with Crippen LogP contribution in [0.5, 0.6) is 0 Å². The van der Waals surface area contributed by atoms with Gasteiger partial charge in [0, 0.05) is 24.0 Å². The van der Waals surface area contributed by atoms with Crippen molar-refractivity contribution in [1.29, 1.82) is 0 Å². The Labute approximate surface area is 150 Å². The van der Waals surface area contributed by atoms with Crippen molar-refractivity contribution in [2.75, 3.05) is 31.2 Å². The van der Waals surface area contributed by atoms with Gasteiger partial charge >= 0.3 is 0 Å². The average molecular weight is 360 g/mol. The van der Waals surface area contributed by atoms with Crippen molar-refractivity contribution >= 4 is 39.9 Å². The van der Waals surface area contributed by atoms with Crippen LogP contribution in [-0.4, -0.2) is 36.3 Å². The summed E-state index contributed by atoms with van der Waals surface area (Å²) in [6.45, 7) is 3.06. The van der Waals surface area contributed by atoms with E-state index in [0.717, 1.165) is 35.4 Å². The predicted octanol–water partition coefficient (Wildman–Crippen LogP) is 4.44. The summed E-state index contributed by atoms with van der Waals surface area (Å²) in [4.78, 5) is 11.8. The van der Waals surface area contributed by atoms with Crippen molar-refractivity contribution in [3.05, 3.63) is 52.5 Å². The first-order valence-corrected chi connectivity index (χ1v) is 8.53. The summed E-state index contributed by atoms with van der Waals surface area (Å²) in [6, 6.07) is 13.5. The molecule has 2 aromatic carbocycles. The monoisotopic (exact) mass is 359 g/mol. The first kappa shape index (κ1) is 15.6. The van der Waals surface area contributed by atoms with Crippen molar-refractivity contribution in [2.45, 2.75) is 0 Å². The summed E-state index contributed by atoms with van der Waals surface area (Å²) in [6.07, 6.45) is 0. The van der Waals surface area contributed by atoms with Crippen LogP contribution in [0.1, 0.15) is 0 Å². The topological polar surface area (TPSA) is 38.2 Å². The molecule has 0 aliphatic carbocycles. The lowest BCUT2D eigenvalue weighted by atomic mass is 10.1. The molecule has 0 saturated carbocycles. The largest absolute Gasteiger partial charge is 0.378 e. The van der Waals surface area contributed by atoms with Gasteiger partial charge in [-0.15, -0.1) is 0 Å². The van der Waals surface area contributed by atoms with Gasteiger partial charge in [-0.3, -0.25) is 0 Å². The van der Waals surface area contributed by atoms with E-state index in [2.05, 4.69) is 11.0 Å². The molecule has 0 radical (unpaired) electrons. The Morgan fingerprint density at radius 2 is 1.71 bits per heavy atom. The maximum Gasteiger partial charge on any atom is 0.162 e. The van der Waals surface area contributed by atoms with E-state index in [1.807, 2.05) is 24.3 Å².